The second kappa shape index (κ2) is 8.71. The number of benzene rings is 1. The van der Waals surface area contributed by atoms with Gasteiger partial charge in [-0.2, -0.15) is 5.10 Å². The highest BCUT2D eigenvalue weighted by molar-refractivity contribution is 5.56. The standard InChI is InChI=1S/C19H27N5O2/c1-3-26-18-7-5-4-6-17(18)20-8-9-23-10-12-24(13-11-23)16-14-19(25)22(2)21-15-16/h4-7,14-15,20H,3,8-13H2,1-2H3. The van der Waals surface area contributed by atoms with Crippen molar-refractivity contribution in [3.8, 4) is 5.75 Å². The maximum Gasteiger partial charge on any atom is 0.268 e. The Bertz CT molecular complexity index is 769. The molecule has 3 rings (SSSR count). The van der Waals surface area contributed by atoms with Gasteiger partial charge in [0.2, 0.25) is 0 Å². The highest BCUT2D eigenvalue weighted by Crippen LogP contribution is 2.23. The second-order valence-corrected chi connectivity index (χ2v) is 6.36. The lowest BCUT2D eigenvalue weighted by Crippen LogP contribution is -2.48. The molecule has 0 atom stereocenters. The van der Waals surface area contributed by atoms with Crippen LogP contribution in [0.25, 0.3) is 0 Å². The normalized spacial score (nSPS) is 15.1. The molecule has 1 N–H and O–H groups in total. The largest absolute Gasteiger partial charge is 0.492 e. The second-order valence-electron chi connectivity index (χ2n) is 6.36. The van der Waals surface area contributed by atoms with E-state index >= 15 is 0 Å². The summed E-state index contributed by atoms with van der Waals surface area (Å²) in [5.41, 5.74) is 1.89. The molecule has 0 aliphatic carbocycles. The number of para-hydroxylation sites is 2. The summed E-state index contributed by atoms with van der Waals surface area (Å²) >= 11 is 0. The molecule has 0 bridgehead atoms. The van der Waals surface area contributed by atoms with Crippen LogP contribution in [0.1, 0.15) is 6.92 Å². The lowest BCUT2D eigenvalue weighted by molar-refractivity contribution is 0.267. The zero-order valence-corrected chi connectivity index (χ0v) is 15.5. The van der Waals surface area contributed by atoms with E-state index in [9.17, 15) is 4.79 Å². The Morgan fingerprint density at radius 1 is 1.19 bits per heavy atom. The number of aromatic nitrogens is 2. The van der Waals surface area contributed by atoms with E-state index in [1.54, 1.807) is 19.3 Å². The number of ether oxygens (including phenoxy) is 1. The van der Waals surface area contributed by atoms with Crippen molar-refractivity contribution in [1.29, 1.82) is 0 Å². The lowest BCUT2D eigenvalue weighted by atomic mass is 10.2. The smallest absolute Gasteiger partial charge is 0.268 e. The van der Waals surface area contributed by atoms with Crippen LogP contribution in [0, 0.1) is 0 Å². The van der Waals surface area contributed by atoms with Gasteiger partial charge in [-0.25, -0.2) is 4.68 Å². The summed E-state index contributed by atoms with van der Waals surface area (Å²) in [5.74, 6) is 0.901. The minimum absolute atomic E-state index is 0.0675. The molecule has 1 fully saturated rings. The molecular weight excluding hydrogens is 330 g/mol. The van der Waals surface area contributed by atoms with Gasteiger partial charge in [-0.3, -0.25) is 9.69 Å². The van der Waals surface area contributed by atoms with E-state index in [-0.39, 0.29) is 5.56 Å². The van der Waals surface area contributed by atoms with Gasteiger partial charge in [-0.1, -0.05) is 12.1 Å². The zero-order chi connectivity index (χ0) is 18.4. The van der Waals surface area contributed by atoms with Gasteiger partial charge in [0, 0.05) is 52.4 Å². The van der Waals surface area contributed by atoms with Crippen LogP contribution in [-0.2, 0) is 7.05 Å². The predicted octanol–water partition coefficient (Wildman–Crippen LogP) is 1.41. The Morgan fingerprint density at radius 3 is 2.69 bits per heavy atom. The van der Waals surface area contributed by atoms with E-state index < -0.39 is 0 Å². The van der Waals surface area contributed by atoms with E-state index in [4.69, 9.17) is 4.74 Å². The summed E-state index contributed by atoms with van der Waals surface area (Å²) in [7, 11) is 1.67. The first kappa shape index (κ1) is 18.3. The number of hydrogen-bond acceptors (Lipinski definition) is 6. The molecular formula is C19H27N5O2. The number of rotatable bonds is 7. The topological polar surface area (TPSA) is 62.6 Å². The van der Waals surface area contributed by atoms with E-state index in [0.29, 0.717) is 6.61 Å². The third-order valence-corrected chi connectivity index (χ3v) is 4.62. The van der Waals surface area contributed by atoms with Gasteiger partial charge < -0.3 is 15.0 Å². The number of anilines is 2. The van der Waals surface area contributed by atoms with Gasteiger partial charge in [0.1, 0.15) is 5.75 Å². The Kier molecular flexibility index (Phi) is 6.12. The predicted molar refractivity (Wildman–Crippen MR) is 104 cm³/mol. The van der Waals surface area contributed by atoms with Crippen LogP contribution in [0.4, 0.5) is 11.4 Å². The van der Waals surface area contributed by atoms with E-state index in [1.807, 2.05) is 31.2 Å². The third-order valence-electron chi connectivity index (χ3n) is 4.62. The summed E-state index contributed by atoms with van der Waals surface area (Å²) < 4.78 is 7.00. The van der Waals surface area contributed by atoms with E-state index in [2.05, 4.69) is 20.2 Å². The van der Waals surface area contributed by atoms with Crippen LogP contribution in [0.5, 0.6) is 5.75 Å². The van der Waals surface area contributed by atoms with Crippen molar-refractivity contribution < 1.29 is 4.74 Å². The molecule has 2 heterocycles. The zero-order valence-electron chi connectivity index (χ0n) is 15.5. The molecule has 0 spiro atoms. The Labute approximate surface area is 154 Å². The fourth-order valence-corrected chi connectivity index (χ4v) is 3.11. The quantitative estimate of drug-likeness (QED) is 0.809. The van der Waals surface area contributed by atoms with Crippen LogP contribution in [0.3, 0.4) is 0 Å². The molecule has 1 saturated heterocycles. The number of piperazine rings is 1. The van der Waals surface area contributed by atoms with Gasteiger partial charge in [-0.05, 0) is 19.1 Å². The van der Waals surface area contributed by atoms with Crippen molar-refractivity contribution in [3.63, 3.8) is 0 Å². The van der Waals surface area contributed by atoms with Crippen LogP contribution >= 0.6 is 0 Å². The number of nitrogens with one attached hydrogen (secondary N) is 1. The number of aryl methyl sites for hydroxylation is 1. The summed E-state index contributed by atoms with van der Waals surface area (Å²) in [5, 5.41) is 7.57. The molecule has 1 aromatic heterocycles. The Morgan fingerprint density at radius 2 is 1.96 bits per heavy atom. The molecule has 26 heavy (non-hydrogen) atoms. The summed E-state index contributed by atoms with van der Waals surface area (Å²) in [6, 6.07) is 9.70. The van der Waals surface area contributed by atoms with Crippen molar-refractivity contribution in [3.05, 3.63) is 46.9 Å². The SMILES string of the molecule is CCOc1ccccc1NCCN1CCN(c2cnn(C)c(=O)c2)CC1. The molecule has 7 heteroatoms. The van der Waals surface area contributed by atoms with Crippen molar-refractivity contribution in [2.75, 3.05) is 56.1 Å². The minimum Gasteiger partial charge on any atom is -0.492 e. The maximum atomic E-state index is 11.7. The first-order chi connectivity index (χ1) is 12.7. The van der Waals surface area contributed by atoms with Gasteiger partial charge in [0.25, 0.3) is 5.56 Å². The van der Waals surface area contributed by atoms with Crippen molar-refractivity contribution in [2.45, 2.75) is 6.92 Å². The molecule has 1 aliphatic heterocycles. The van der Waals surface area contributed by atoms with Crippen molar-refractivity contribution in [2.24, 2.45) is 7.05 Å². The van der Waals surface area contributed by atoms with Crippen LogP contribution in [0.15, 0.2) is 41.3 Å². The molecule has 140 valence electrons. The van der Waals surface area contributed by atoms with Crippen LogP contribution in [0.2, 0.25) is 0 Å². The average Bonchev–Trinajstić information content (AvgIpc) is 2.66. The molecule has 7 nitrogen and oxygen atoms in total. The first-order valence-electron chi connectivity index (χ1n) is 9.13. The third kappa shape index (κ3) is 4.54. The van der Waals surface area contributed by atoms with Gasteiger partial charge >= 0.3 is 0 Å². The number of nitrogens with zero attached hydrogens (tertiary/aromatic N) is 4. The van der Waals surface area contributed by atoms with Crippen molar-refractivity contribution in [1.82, 2.24) is 14.7 Å². The van der Waals surface area contributed by atoms with E-state index in [1.165, 1.54) is 4.68 Å². The summed E-state index contributed by atoms with van der Waals surface area (Å²) in [4.78, 5) is 16.4. The minimum atomic E-state index is -0.0675. The Hall–Kier alpha value is -2.54. The highest BCUT2D eigenvalue weighted by Gasteiger charge is 2.17. The van der Waals surface area contributed by atoms with Crippen LogP contribution in [-0.4, -0.2) is 60.6 Å². The summed E-state index contributed by atoms with van der Waals surface area (Å²) in [6.45, 7) is 8.27. The summed E-state index contributed by atoms with van der Waals surface area (Å²) in [6.07, 6.45) is 1.77. The molecule has 0 saturated carbocycles. The average molecular weight is 357 g/mol. The Balaban J connectivity index is 1.46. The molecule has 2 aromatic rings. The number of hydrogen-bond donors (Lipinski definition) is 1. The maximum absolute atomic E-state index is 11.7. The van der Waals surface area contributed by atoms with Crippen molar-refractivity contribution >= 4 is 11.4 Å². The van der Waals surface area contributed by atoms with Gasteiger partial charge in [-0.15, -0.1) is 0 Å². The van der Waals surface area contributed by atoms with Gasteiger partial charge in [0.15, 0.2) is 0 Å². The van der Waals surface area contributed by atoms with Gasteiger partial charge in [0.05, 0.1) is 24.2 Å². The fraction of sp³-hybridized carbons (Fsp3) is 0.474. The molecule has 0 amide bonds. The molecule has 0 unspecified atom stereocenters. The first-order valence-corrected chi connectivity index (χ1v) is 9.13. The molecule has 0 radical (unpaired) electrons. The fourth-order valence-electron chi connectivity index (χ4n) is 3.11. The monoisotopic (exact) mass is 357 g/mol. The molecule has 1 aliphatic rings. The van der Waals surface area contributed by atoms with Crippen LogP contribution < -0.4 is 20.5 Å². The molecule has 1 aromatic carbocycles. The lowest BCUT2D eigenvalue weighted by Gasteiger charge is -2.35. The van der Waals surface area contributed by atoms with E-state index in [0.717, 1.165) is 56.4 Å². The highest BCUT2D eigenvalue weighted by atomic mass is 16.5.